The predicted molar refractivity (Wildman–Crippen MR) is 108 cm³/mol. The second-order valence-corrected chi connectivity index (χ2v) is 9.02. The standard InChI is InChI=1S/C22H28N4O3/c1-22(11-15-4-5-18-19(10-15)29-14-28-18)7-3-8-26(13-22)21(27)20-16-12-25(2)9-6-17(16)23-24-20/h4-5,10H,3,6-9,11-14H2,1-2H3,(H,23,24)/t22-/m1/s1. The Bertz CT molecular complexity index is 940. The molecule has 0 saturated carbocycles. The van der Waals surface area contributed by atoms with Gasteiger partial charge in [-0.2, -0.15) is 5.10 Å². The van der Waals surface area contributed by atoms with Crippen molar-refractivity contribution in [3.05, 3.63) is 40.7 Å². The van der Waals surface area contributed by atoms with E-state index in [1.54, 1.807) is 0 Å². The first-order valence-corrected chi connectivity index (χ1v) is 10.4. The molecule has 3 aliphatic rings. The molecule has 4 heterocycles. The first kappa shape index (κ1) is 18.5. The molecule has 2 aromatic rings. The number of nitrogens with zero attached hydrogens (tertiary/aromatic N) is 3. The highest BCUT2D eigenvalue weighted by molar-refractivity contribution is 5.94. The van der Waals surface area contributed by atoms with Gasteiger partial charge in [0.25, 0.3) is 5.91 Å². The van der Waals surface area contributed by atoms with Crippen LogP contribution in [0.25, 0.3) is 0 Å². The molecule has 1 saturated heterocycles. The predicted octanol–water partition coefficient (Wildman–Crippen LogP) is 2.61. The van der Waals surface area contributed by atoms with Gasteiger partial charge in [0, 0.05) is 43.9 Å². The number of H-pyrrole nitrogens is 1. The molecule has 0 bridgehead atoms. The van der Waals surface area contributed by atoms with Crippen molar-refractivity contribution in [2.45, 2.75) is 39.2 Å². The summed E-state index contributed by atoms with van der Waals surface area (Å²) in [6, 6.07) is 6.17. The van der Waals surface area contributed by atoms with Crippen molar-refractivity contribution in [2.75, 3.05) is 33.5 Å². The fraction of sp³-hybridized carbons (Fsp3) is 0.545. The number of likely N-dealkylation sites (N-methyl/N-ethyl adjacent to an activating group) is 1. The molecule has 0 spiro atoms. The Balaban J connectivity index is 1.32. The van der Waals surface area contributed by atoms with E-state index in [0.717, 1.165) is 74.6 Å². The zero-order chi connectivity index (χ0) is 20.0. The normalized spacial score (nSPS) is 23.9. The van der Waals surface area contributed by atoms with Gasteiger partial charge in [-0.25, -0.2) is 0 Å². The van der Waals surface area contributed by atoms with E-state index < -0.39 is 0 Å². The number of fused-ring (bicyclic) bond motifs is 2. The molecule has 1 N–H and O–H groups in total. The van der Waals surface area contributed by atoms with Gasteiger partial charge in [0.1, 0.15) is 0 Å². The fourth-order valence-electron chi connectivity index (χ4n) is 4.93. The molecule has 0 unspecified atom stereocenters. The largest absolute Gasteiger partial charge is 0.454 e. The number of benzene rings is 1. The summed E-state index contributed by atoms with van der Waals surface area (Å²) in [6.07, 6.45) is 3.95. The lowest BCUT2D eigenvalue weighted by Crippen LogP contribution is -2.46. The number of hydrogen-bond donors (Lipinski definition) is 1. The van der Waals surface area contributed by atoms with Crippen LogP contribution in [0.5, 0.6) is 11.5 Å². The Labute approximate surface area is 171 Å². The molecule has 1 atom stereocenters. The first-order chi connectivity index (χ1) is 14.0. The van der Waals surface area contributed by atoms with Crippen LogP contribution in [0.3, 0.4) is 0 Å². The van der Waals surface area contributed by atoms with Crippen LogP contribution in [0.1, 0.15) is 47.1 Å². The molecule has 0 aliphatic carbocycles. The third-order valence-electron chi connectivity index (χ3n) is 6.46. The van der Waals surface area contributed by atoms with E-state index in [4.69, 9.17) is 9.47 Å². The summed E-state index contributed by atoms with van der Waals surface area (Å²) in [5, 5.41) is 7.51. The summed E-state index contributed by atoms with van der Waals surface area (Å²) in [5.41, 5.74) is 4.07. The van der Waals surface area contributed by atoms with E-state index in [-0.39, 0.29) is 11.3 Å². The van der Waals surface area contributed by atoms with Crippen molar-refractivity contribution < 1.29 is 14.3 Å². The molecule has 1 aromatic carbocycles. The summed E-state index contributed by atoms with van der Waals surface area (Å²) in [7, 11) is 2.09. The molecule has 7 nitrogen and oxygen atoms in total. The maximum absolute atomic E-state index is 13.3. The summed E-state index contributed by atoms with van der Waals surface area (Å²) < 4.78 is 11.0. The smallest absolute Gasteiger partial charge is 0.274 e. The lowest BCUT2D eigenvalue weighted by molar-refractivity contribution is 0.0543. The average molecular weight is 396 g/mol. The van der Waals surface area contributed by atoms with Gasteiger partial charge < -0.3 is 19.3 Å². The third-order valence-corrected chi connectivity index (χ3v) is 6.46. The minimum Gasteiger partial charge on any atom is -0.454 e. The number of aromatic nitrogens is 2. The zero-order valence-electron chi connectivity index (χ0n) is 17.2. The van der Waals surface area contributed by atoms with Gasteiger partial charge in [0.15, 0.2) is 17.2 Å². The van der Waals surface area contributed by atoms with E-state index in [0.29, 0.717) is 12.5 Å². The summed E-state index contributed by atoms with van der Waals surface area (Å²) in [5.74, 6) is 1.70. The van der Waals surface area contributed by atoms with Gasteiger partial charge >= 0.3 is 0 Å². The first-order valence-electron chi connectivity index (χ1n) is 10.4. The van der Waals surface area contributed by atoms with Gasteiger partial charge in [-0.05, 0) is 49.4 Å². The zero-order valence-corrected chi connectivity index (χ0v) is 17.2. The highest BCUT2D eigenvalue weighted by Gasteiger charge is 2.36. The third kappa shape index (κ3) is 3.48. The minimum atomic E-state index is 0.0365. The van der Waals surface area contributed by atoms with Crippen LogP contribution in [-0.4, -0.2) is 59.4 Å². The lowest BCUT2D eigenvalue weighted by Gasteiger charge is -2.40. The van der Waals surface area contributed by atoms with Gasteiger partial charge in [0.05, 0.1) is 0 Å². The number of piperidine rings is 1. The van der Waals surface area contributed by atoms with E-state index in [1.165, 1.54) is 5.56 Å². The number of hydrogen-bond acceptors (Lipinski definition) is 5. The Morgan fingerprint density at radius 3 is 3.03 bits per heavy atom. The topological polar surface area (TPSA) is 70.7 Å². The molecular formula is C22H28N4O3. The number of carbonyl (C=O) groups is 1. The Morgan fingerprint density at radius 1 is 1.28 bits per heavy atom. The quantitative estimate of drug-likeness (QED) is 0.864. The molecule has 1 amide bonds. The molecule has 1 fully saturated rings. The molecule has 29 heavy (non-hydrogen) atoms. The molecule has 7 heteroatoms. The summed E-state index contributed by atoms with van der Waals surface area (Å²) >= 11 is 0. The van der Waals surface area contributed by atoms with Crippen molar-refractivity contribution in [1.82, 2.24) is 20.0 Å². The van der Waals surface area contributed by atoms with Crippen LogP contribution >= 0.6 is 0 Å². The van der Waals surface area contributed by atoms with Gasteiger partial charge in [0.2, 0.25) is 6.79 Å². The Hall–Kier alpha value is -2.54. The number of carbonyl (C=O) groups excluding carboxylic acids is 1. The van der Waals surface area contributed by atoms with Crippen LogP contribution in [0.2, 0.25) is 0 Å². The van der Waals surface area contributed by atoms with E-state index in [9.17, 15) is 4.79 Å². The van der Waals surface area contributed by atoms with E-state index in [2.05, 4.69) is 41.2 Å². The number of amides is 1. The van der Waals surface area contributed by atoms with E-state index in [1.807, 2.05) is 11.0 Å². The van der Waals surface area contributed by atoms with Crippen LogP contribution in [0.15, 0.2) is 18.2 Å². The Kier molecular flexibility index (Phi) is 4.50. The summed E-state index contributed by atoms with van der Waals surface area (Å²) in [4.78, 5) is 17.6. The Morgan fingerprint density at radius 2 is 2.14 bits per heavy atom. The maximum atomic E-state index is 13.3. The monoisotopic (exact) mass is 396 g/mol. The van der Waals surface area contributed by atoms with Crippen molar-refractivity contribution >= 4 is 5.91 Å². The van der Waals surface area contributed by atoms with Crippen molar-refractivity contribution in [1.29, 1.82) is 0 Å². The molecule has 5 rings (SSSR count). The highest BCUT2D eigenvalue weighted by atomic mass is 16.7. The van der Waals surface area contributed by atoms with Gasteiger partial charge in [-0.15, -0.1) is 0 Å². The molecular weight excluding hydrogens is 368 g/mol. The van der Waals surface area contributed by atoms with Gasteiger partial charge in [-0.3, -0.25) is 9.89 Å². The number of aromatic amines is 1. The second-order valence-electron chi connectivity index (χ2n) is 9.02. The van der Waals surface area contributed by atoms with Crippen LogP contribution < -0.4 is 9.47 Å². The summed E-state index contributed by atoms with van der Waals surface area (Å²) in [6.45, 7) is 5.91. The SMILES string of the molecule is CN1CCc2[nH]nc(C(=O)N3CCC[C@](C)(Cc4ccc5c(c4)OCO5)C3)c2C1. The molecule has 1 aromatic heterocycles. The van der Waals surface area contributed by atoms with E-state index >= 15 is 0 Å². The number of rotatable bonds is 3. The van der Waals surface area contributed by atoms with Crippen molar-refractivity contribution in [3.63, 3.8) is 0 Å². The van der Waals surface area contributed by atoms with Crippen LogP contribution in [0.4, 0.5) is 0 Å². The average Bonchev–Trinajstić information content (AvgIpc) is 3.33. The van der Waals surface area contributed by atoms with Crippen molar-refractivity contribution in [2.24, 2.45) is 5.41 Å². The molecule has 3 aliphatic heterocycles. The molecule has 154 valence electrons. The second kappa shape index (κ2) is 7.06. The van der Waals surface area contributed by atoms with Crippen LogP contribution in [0, 0.1) is 5.41 Å². The van der Waals surface area contributed by atoms with Crippen molar-refractivity contribution in [3.8, 4) is 11.5 Å². The lowest BCUT2D eigenvalue weighted by atomic mass is 9.76. The highest BCUT2D eigenvalue weighted by Crippen LogP contribution is 2.38. The van der Waals surface area contributed by atoms with Crippen LogP contribution in [-0.2, 0) is 19.4 Å². The molecule has 0 radical (unpaired) electrons. The number of ether oxygens (including phenoxy) is 2. The number of nitrogens with one attached hydrogen (secondary N) is 1. The maximum Gasteiger partial charge on any atom is 0.274 e. The fourth-order valence-corrected chi connectivity index (χ4v) is 4.93. The van der Waals surface area contributed by atoms with Gasteiger partial charge in [-0.1, -0.05) is 13.0 Å². The minimum absolute atomic E-state index is 0.0365. The number of likely N-dealkylation sites (tertiary alicyclic amines) is 1.